The van der Waals surface area contributed by atoms with Crippen LogP contribution in [-0.2, 0) is 0 Å². The molecule has 1 aliphatic rings. The quantitative estimate of drug-likeness (QED) is 0.349. The minimum atomic E-state index is -0.508. The number of carbonyl (C=O) groups excluding carboxylic acids is 1. The lowest BCUT2D eigenvalue weighted by atomic mass is 10.0. The zero-order valence-electron chi connectivity index (χ0n) is 17.1. The van der Waals surface area contributed by atoms with Crippen molar-refractivity contribution >= 4 is 40.4 Å². The van der Waals surface area contributed by atoms with Crippen molar-refractivity contribution in [3.05, 3.63) is 59.3 Å². The molecule has 0 atom stereocenters. The van der Waals surface area contributed by atoms with Crippen LogP contribution >= 0.6 is 11.6 Å². The Labute approximate surface area is 189 Å². The Morgan fingerprint density at radius 2 is 1.84 bits per heavy atom. The van der Waals surface area contributed by atoms with Gasteiger partial charge in [0, 0.05) is 24.2 Å². The average molecular weight is 457 g/mol. The standard InChI is InChI=1S/C22H22ClFN6O2/c23-20-19(26)21(28-11-27-20)29-18-9-15(16(24)10-17(18)25)12-1-3-13(4-2-12)22(32)30-7-5-14(31)6-8-30/h1-4,9-11,14,31H,5-8,25-26H2,(H,27,28,29). The molecule has 4 rings (SSSR count). The third-order valence-electron chi connectivity index (χ3n) is 5.42. The topological polar surface area (TPSA) is 130 Å². The Morgan fingerprint density at radius 1 is 1.16 bits per heavy atom. The van der Waals surface area contributed by atoms with Gasteiger partial charge in [0.25, 0.3) is 5.91 Å². The molecule has 1 aromatic heterocycles. The van der Waals surface area contributed by atoms with Gasteiger partial charge in [-0.2, -0.15) is 0 Å². The number of amides is 1. The number of anilines is 4. The fraction of sp³-hybridized carbons (Fsp3) is 0.227. The number of hydrogen-bond donors (Lipinski definition) is 4. The molecule has 8 nitrogen and oxygen atoms in total. The monoisotopic (exact) mass is 456 g/mol. The van der Waals surface area contributed by atoms with Gasteiger partial charge in [0.15, 0.2) is 11.0 Å². The van der Waals surface area contributed by atoms with Crippen LogP contribution in [0.1, 0.15) is 23.2 Å². The molecule has 2 heterocycles. The number of rotatable bonds is 4. The number of likely N-dealkylation sites (tertiary alicyclic amines) is 1. The molecule has 1 aliphatic heterocycles. The predicted molar refractivity (Wildman–Crippen MR) is 122 cm³/mol. The number of carbonyl (C=O) groups is 1. The molecule has 166 valence electrons. The molecule has 0 unspecified atom stereocenters. The highest BCUT2D eigenvalue weighted by atomic mass is 35.5. The number of nitrogen functional groups attached to an aromatic ring is 2. The smallest absolute Gasteiger partial charge is 0.253 e. The molecule has 0 bridgehead atoms. The summed E-state index contributed by atoms with van der Waals surface area (Å²) in [4.78, 5) is 22.2. The van der Waals surface area contributed by atoms with E-state index in [9.17, 15) is 14.3 Å². The van der Waals surface area contributed by atoms with Crippen LogP contribution in [0.5, 0.6) is 0 Å². The lowest BCUT2D eigenvalue weighted by Gasteiger charge is -2.29. The number of piperidine rings is 1. The number of nitrogens with zero attached hydrogens (tertiary/aromatic N) is 3. The van der Waals surface area contributed by atoms with E-state index in [0.29, 0.717) is 48.3 Å². The van der Waals surface area contributed by atoms with E-state index in [2.05, 4.69) is 15.3 Å². The first-order valence-electron chi connectivity index (χ1n) is 10.0. The van der Waals surface area contributed by atoms with Crippen LogP contribution in [-0.4, -0.2) is 45.1 Å². The van der Waals surface area contributed by atoms with Crippen molar-refractivity contribution in [3.8, 4) is 11.1 Å². The first-order valence-corrected chi connectivity index (χ1v) is 10.4. The number of aliphatic hydroxyl groups is 1. The second-order valence-corrected chi connectivity index (χ2v) is 7.93. The van der Waals surface area contributed by atoms with Crippen molar-refractivity contribution in [1.82, 2.24) is 14.9 Å². The second-order valence-electron chi connectivity index (χ2n) is 7.57. The van der Waals surface area contributed by atoms with Gasteiger partial charge in [0.2, 0.25) is 0 Å². The number of halogens is 2. The summed E-state index contributed by atoms with van der Waals surface area (Å²) < 4.78 is 14.7. The molecule has 2 aromatic carbocycles. The number of hydrogen-bond acceptors (Lipinski definition) is 7. The van der Waals surface area contributed by atoms with Crippen LogP contribution in [0.3, 0.4) is 0 Å². The molecule has 6 N–H and O–H groups in total. The number of nitrogens with two attached hydrogens (primary N) is 2. The van der Waals surface area contributed by atoms with E-state index < -0.39 is 5.82 Å². The highest BCUT2D eigenvalue weighted by Crippen LogP contribution is 2.34. The maximum absolute atomic E-state index is 14.7. The van der Waals surface area contributed by atoms with Crippen LogP contribution < -0.4 is 16.8 Å². The van der Waals surface area contributed by atoms with E-state index >= 15 is 0 Å². The summed E-state index contributed by atoms with van der Waals surface area (Å²) in [6.45, 7) is 1.03. The third-order valence-corrected chi connectivity index (χ3v) is 5.72. The van der Waals surface area contributed by atoms with Crippen LogP contribution in [0.15, 0.2) is 42.7 Å². The molecule has 1 amide bonds. The van der Waals surface area contributed by atoms with Crippen molar-refractivity contribution in [3.63, 3.8) is 0 Å². The van der Waals surface area contributed by atoms with Gasteiger partial charge in [-0.1, -0.05) is 23.7 Å². The van der Waals surface area contributed by atoms with E-state index in [0.717, 1.165) is 0 Å². The van der Waals surface area contributed by atoms with Crippen LogP contribution in [0, 0.1) is 5.82 Å². The Hall–Kier alpha value is -3.43. The summed E-state index contributed by atoms with van der Waals surface area (Å²) in [6.07, 6.45) is 2.03. The first kappa shape index (κ1) is 21.8. The second kappa shape index (κ2) is 8.97. The molecule has 0 spiro atoms. The molecule has 0 saturated carbocycles. The van der Waals surface area contributed by atoms with E-state index in [1.165, 1.54) is 12.4 Å². The van der Waals surface area contributed by atoms with Crippen molar-refractivity contribution in [2.45, 2.75) is 18.9 Å². The molecule has 0 aliphatic carbocycles. The van der Waals surface area contributed by atoms with Crippen LogP contribution in [0.2, 0.25) is 5.15 Å². The Kier molecular flexibility index (Phi) is 6.11. The summed E-state index contributed by atoms with van der Waals surface area (Å²) in [5.74, 6) is -0.368. The maximum atomic E-state index is 14.7. The Balaban J connectivity index is 1.59. The molecule has 0 radical (unpaired) electrons. The fourth-order valence-electron chi connectivity index (χ4n) is 3.56. The number of nitrogens with one attached hydrogen (secondary N) is 1. The van der Waals surface area contributed by atoms with E-state index in [-0.39, 0.29) is 34.4 Å². The minimum absolute atomic E-state index is 0.0897. The Morgan fingerprint density at radius 3 is 2.53 bits per heavy atom. The molecular weight excluding hydrogens is 435 g/mol. The van der Waals surface area contributed by atoms with Crippen molar-refractivity contribution in [1.29, 1.82) is 0 Å². The third kappa shape index (κ3) is 4.44. The highest BCUT2D eigenvalue weighted by molar-refractivity contribution is 6.32. The average Bonchev–Trinajstić information content (AvgIpc) is 2.79. The van der Waals surface area contributed by atoms with Crippen molar-refractivity contribution in [2.24, 2.45) is 0 Å². The van der Waals surface area contributed by atoms with Gasteiger partial charge in [-0.3, -0.25) is 4.79 Å². The van der Waals surface area contributed by atoms with Crippen LogP contribution in [0.4, 0.5) is 27.3 Å². The summed E-state index contributed by atoms with van der Waals surface area (Å²) in [5, 5.41) is 12.7. The fourth-order valence-corrected chi connectivity index (χ4v) is 3.70. The van der Waals surface area contributed by atoms with E-state index in [1.54, 1.807) is 35.2 Å². The van der Waals surface area contributed by atoms with E-state index in [1.807, 2.05) is 0 Å². The van der Waals surface area contributed by atoms with Gasteiger partial charge in [-0.25, -0.2) is 14.4 Å². The van der Waals surface area contributed by atoms with Crippen molar-refractivity contribution < 1.29 is 14.3 Å². The van der Waals surface area contributed by atoms with E-state index in [4.69, 9.17) is 23.1 Å². The largest absolute Gasteiger partial charge is 0.397 e. The van der Waals surface area contributed by atoms with Gasteiger partial charge in [0.1, 0.15) is 17.8 Å². The highest BCUT2D eigenvalue weighted by Gasteiger charge is 2.22. The van der Waals surface area contributed by atoms with Gasteiger partial charge < -0.3 is 26.8 Å². The SMILES string of the molecule is Nc1cc(F)c(-c2ccc(C(=O)N3CCC(O)CC3)cc2)cc1Nc1ncnc(Cl)c1N. The molecular formula is C22H22ClFN6O2. The summed E-state index contributed by atoms with van der Waals surface area (Å²) in [5.41, 5.74) is 13.9. The lowest BCUT2D eigenvalue weighted by molar-refractivity contribution is 0.0546. The summed E-state index contributed by atoms with van der Waals surface area (Å²) in [7, 11) is 0. The van der Waals surface area contributed by atoms with Gasteiger partial charge in [-0.15, -0.1) is 0 Å². The maximum Gasteiger partial charge on any atom is 0.253 e. The number of aromatic nitrogens is 2. The Bertz CT molecular complexity index is 1150. The van der Waals surface area contributed by atoms with Gasteiger partial charge >= 0.3 is 0 Å². The summed E-state index contributed by atoms with van der Waals surface area (Å²) >= 11 is 5.93. The number of benzene rings is 2. The predicted octanol–water partition coefficient (Wildman–Crippen LogP) is 3.44. The molecule has 1 fully saturated rings. The lowest BCUT2D eigenvalue weighted by Crippen LogP contribution is -2.40. The van der Waals surface area contributed by atoms with Crippen molar-refractivity contribution in [2.75, 3.05) is 29.9 Å². The summed E-state index contributed by atoms with van der Waals surface area (Å²) in [6, 6.07) is 9.43. The molecule has 3 aromatic rings. The van der Waals surface area contributed by atoms with Gasteiger partial charge in [-0.05, 0) is 42.7 Å². The molecule has 1 saturated heterocycles. The molecule has 32 heavy (non-hydrogen) atoms. The van der Waals surface area contributed by atoms with Crippen LogP contribution in [0.25, 0.3) is 11.1 Å². The zero-order chi connectivity index (χ0) is 22.8. The minimum Gasteiger partial charge on any atom is -0.397 e. The molecule has 10 heteroatoms. The first-order chi connectivity index (χ1) is 15.3. The normalized spacial score (nSPS) is 14.4. The zero-order valence-corrected chi connectivity index (χ0v) is 17.8. The number of aliphatic hydroxyl groups excluding tert-OH is 1. The van der Waals surface area contributed by atoms with Gasteiger partial charge in [0.05, 0.1) is 17.5 Å².